The lowest BCUT2D eigenvalue weighted by Crippen LogP contribution is -2.33. The van der Waals surface area contributed by atoms with Crippen LogP contribution in [0.2, 0.25) is 5.02 Å². The standard InChI is InChI=1S/C22H20BrClN2S/c1-14-8-10-18(15(2)12-14)21(16-6-4-3-5-7-16)26-22(27)25-17-9-11-19(23)20(24)13-17/h3-13,21H,1-2H3,(H2,25,26,27)/t21-/m0/s1. The molecule has 2 nitrogen and oxygen atoms in total. The van der Waals surface area contributed by atoms with E-state index in [1.807, 2.05) is 36.4 Å². The minimum Gasteiger partial charge on any atom is -0.352 e. The van der Waals surface area contributed by atoms with Crippen LogP contribution in [-0.4, -0.2) is 5.11 Å². The van der Waals surface area contributed by atoms with Gasteiger partial charge in [-0.25, -0.2) is 0 Å². The van der Waals surface area contributed by atoms with Crippen molar-refractivity contribution in [3.8, 4) is 0 Å². The first-order valence-corrected chi connectivity index (χ1v) is 10.2. The molecule has 27 heavy (non-hydrogen) atoms. The molecule has 0 aliphatic heterocycles. The summed E-state index contributed by atoms with van der Waals surface area (Å²) in [5, 5.41) is 7.86. The van der Waals surface area contributed by atoms with Crippen molar-refractivity contribution < 1.29 is 0 Å². The van der Waals surface area contributed by atoms with Gasteiger partial charge in [-0.2, -0.15) is 0 Å². The molecule has 3 aromatic rings. The molecule has 0 heterocycles. The van der Waals surface area contributed by atoms with E-state index in [-0.39, 0.29) is 6.04 Å². The van der Waals surface area contributed by atoms with Crippen LogP contribution in [0.1, 0.15) is 28.3 Å². The fourth-order valence-electron chi connectivity index (χ4n) is 3.01. The summed E-state index contributed by atoms with van der Waals surface area (Å²) in [6.07, 6.45) is 0. The Hall–Kier alpha value is -1.88. The van der Waals surface area contributed by atoms with Gasteiger partial charge in [-0.15, -0.1) is 0 Å². The van der Waals surface area contributed by atoms with Crippen molar-refractivity contribution >= 4 is 50.5 Å². The maximum atomic E-state index is 6.18. The van der Waals surface area contributed by atoms with Gasteiger partial charge in [0.05, 0.1) is 11.1 Å². The molecule has 0 aromatic heterocycles. The minimum atomic E-state index is -0.0438. The van der Waals surface area contributed by atoms with Crippen molar-refractivity contribution in [2.45, 2.75) is 19.9 Å². The van der Waals surface area contributed by atoms with Crippen molar-refractivity contribution in [1.82, 2.24) is 5.32 Å². The van der Waals surface area contributed by atoms with E-state index >= 15 is 0 Å². The number of nitrogens with one attached hydrogen (secondary N) is 2. The third-order valence-corrected chi connectivity index (χ3v) is 5.77. The highest BCUT2D eigenvalue weighted by atomic mass is 79.9. The fourth-order valence-corrected chi connectivity index (χ4v) is 3.67. The molecule has 1 atom stereocenters. The van der Waals surface area contributed by atoms with Gasteiger partial charge < -0.3 is 10.6 Å². The Morgan fingerprint density at radius 3 is 2.41 bits per heavy atom. The second-order valence-corrected chi connectivity index (χ2v) is 8.10. The summed E-state index contributed by atoms with van der Waals surface area (Å²) in [4.78, 5) is 0. The number of hydrogen-bond donors (Lipinski definition) is 2. The summed E-state index contributed by atoms with van der Waals surface area (Å²) in [6.45, 7) is 4.23. The van der Waals surface area contributed by atoms with Crippen LogP contribution in [0.3, 0.4) is 0 Å². The summed E-state index contributed by atoms with van der Waals surface area (Å²) in [5.41, 5.74) is 5.67. The Morgan fingerprint density at radius 2 is 1.74 bits per heavy atom. The zero-order valence-corrected chi connectivity index (χ0v) is 18.3. The normalized spacial score (nSPS) is 11.7. The van der Waals surface area contributed by atoms with E-state index in [4.69, 9.17) is 23.8 Å². The van der Waals surface area contributed by atoms with E-state index in [9.17, 15) is 0 Å². The summed E-state index contributed by atoms with van der Waals surface area (Å²) in [7, 11) is 0. The van der Waals surface area contributed by atoms with E-state index in [0.29, 0.717) is 10.1 Å². The van der Waals surface area contributed by atoms with Crippen LogP contribution >= 0.6 is 39.7 Å². The number of benzene rings is 3. The largest absolute Gasteiger partial charge is 0.352 e. The number of hydrogen-bond acceptors (Lipinski definition) is 1. The highest BCUT2D eigenvalue weighted by molar-refractivity contribution is 9.10. The second kappa shape index (κ2) is 8.87. The quantitative estimate of drug-likeness (QED) is 0.420. The van der Waals surface area contributed by atoms with Crippen LogP contribution in [0.4, 0.5) is 5.69 Å². The van der Waals surface area contributed by atoms with Gasteiger partial charge in [0, 0.05) is 10.2 Å². The zero-order chi connectivity index (χ0) is 19.4. The molecule has 0 amide bonds. The summed E-state index contributed by atoms with van der Waals surface area (Å²) < 4.78 is 0.853. The Balaban J connectivity index is 1.87. The van der Waals surface area contributed by atoms with Gasteiger partial charge >= 0.3 is 0 Å². The van der Waals surface area contributed by atoms with Gasteiger partial charge in [-0.05, 0) is 76.9 Å². The van der Waals surface area contributed by atoms with Crippen LogP contribution in [0.5, 0.6) is 0 Å². The molecule has 0 unspecified atom stereocenters. The first-order chi connectivity index (χ1) is 12.9. The van der Waals surface area contributed by atoms with E-state index < -0.39 is 0 Å². The highest BCUT2D eigenvalue weighted by Gasteiger charge is 2.17. The minimum absolute atomic E-state index is 0.0438. The van der Waals surface area contributed by atoms with Crippen molar-refractivity contribution in [1.29, 1.82) is 0 Å². The average Bonchev–Trinajstić information content (AvgIpc) is 2.64. The van der Waals surface area contributed by atoms with Gasteiger partial charge in [0.25, 0.3) is 0 Å². The number of halogens is 2. The molecule has 0 saturated carbocycles. The lowest BCUT2D eigenvalue weighted by Gasteiger charge is -2.24. The van der Waals surface area contributed by atoms with Crippen LogP contribution < -0.4 is 10.6 Å². The Bertz CT molecular complexity index is 960. The predicted octanol–water partition coefficient (Wildman–Crippen LogP) is 6.80. The lowest BCUT2D eigenvalue weighted by molar-refractivity contribution is 0.762. The monoisotopic (exact) mass is 458 g/mol. The second-order valence-electron chi connectivity index (χ2n) is 6.43. The molecule has 0 radical (unpaired) electrons. The van der Waals surface area contributed by atoms with Crippen molar-refractivity contribution in [2.75, 3.05) is 5.32 Å². The average molecular weight is 460 g/mol. The van der Waals surface area contributed by atoms with Crippen molar-refractivity contribution in [3.05, 3.63) is 98.5 Å². The first kappa shape index (κ1) is 19.9. The van der Waals surface area contributed by atoms with Gasteiger partial charge in [-0.3, -0.25) is 0 Å². The van der Waals surface area contributed by atoms with Gasteiger partial charge in [-0.1, -0.05) is 65.7 Å². The molecule has 5 heteroatoms. The molecule has 3 rings (SSSR count). The van der Waals surface area contributed by atoms with E-state index in [2.05, 4.69) is 70.7 Å². The molecule has 0 aliphatic carbocycles. The summed E-state index contributed by atoms with van der Waals surface area (Å²) in [6, 6.07) is 22.4. The molecular weight excluding hydrogens is 440 g/mol. The SMILES string of the molecule is Cc1ccc([C@@H](NC(=S)Nc2ccc(Br)c(Cl)c2)c2ccccc2)c(C)c1. The van der Waals surface area contributed by atoms with E-state index in [1.54, 1.807) is 0 Å². The molecule has 0 fully saturated rings. The molecule has 0 aliphatic rings. The molecular formula is C22H20BrClN2S. The van der Waals surface area contributed by atoms with E-state index in [1.165, 1.54) is 16.7 Å². The molecule has 3 aromatic carbocycles. The number of rotatable bonds is 4. The third kappa shape index (κ3) is 5.10. The van der Waals surface area contributed by atoms with Gasteiger partial charge in [0.15, 0.2) is 5.11 Å². The maximum Gasteiger partial charge on any atom is 0.171 e. The molecule has 2 N–H and O–H groups in total. The van der Waals surface area contributed by atoms with Crippen molar-refractivity contribution in [2.24, 2.45) is 0 Å². The van der Waals surface area contributed by atoms with Crippen LogP contribution in [-0.2, 0) is 0 Å². The molecule has 0 saturated heterocycles. The zero-order valence-electron chi connectivity index (χ0n) is 15.1. The Kier molecular flexibility index (Phi) is 6.53. The number of thiocarbonyl (C=S) groups is 1. The fraction of sp³-hybridized carbons (Fsp3) is 0.136. The van der Waals surface area contributed by atoms with Crippen LogP contribution in [0.15, 0.2) is 71.2 Å². The van der Waals surface area contributed by atoms with Crippen molar-refractivity contribution in [3.63, 3.8) is 0 Å². The van der Waals surface area contributed by atoms with E-state index in [0.717, 1.165) is 15.7 Å². The molecule has 0 spiro atoms. The maximum absolute atomic E-state index is 6.18. The van der Waals surface area contributed by atoms with Gasteiger partial charge in [0.2, 0.25) is 0 Å². The first-order valence-electron chi connectivity index (χ1n) is 8.58. The van der Waals surface area contributed by atoms with Gasteiger partial charge in [0.1, 0.15) is 0 Å². The number of anilines is 1. The summed E-state index contributed by atoms with van der Waals surface area (Å²) in [5.74, 6) is 0. The Morgan fingerprint density at radius 1 is 1.00 bits per heavy atom. The van der Waals surface area contributed by atoms with Crippen LogP contribution in [0.25, 0.3) is 0 Å². The smallest absolute Gasteiger partial charge is 0.171 e. The molecule has 0 bridgehead atoms. The molecule has 138 valence electrons. The lowest BCUT2D eigenvalue weighted by atomic mass is 9.94. The Labute approximate surface area is 179 Å². The predicted molar refractivity (Wildman–Crippen MR) is 123 cm³/mol. The summed E-state index contributed by atoms with van der Waals surface area (Å²) >= 11 is 15.2. The van der Waals surface area contributed by atoms with Crippen LogP contribution in [0, 0.1) is 13.8 Å². The topological polar surface area (TPSA) is 24.1 Å². The number of aryl methyl sites for hydroxylation is 2. The highest BCUT2D eigenvalue weighted by Crippen LogP contribution is 2.27. The third-order valence-electron chi connectivity index (χ3n) is 4.32.